The van der Waals surface area contributed by atoms with E-state index in [0.29, 0.717) is 0 Å². The van der Waals surface area contributed by atoms with Gasteiger partial charge in [0, 0.05) is 12.0 Å². The molecular formula is C15H20BrNO. The van der Waals surface area contributed by atoms with E-state index in [0.717, 1.165) is 29.3 Å². The van der Waals surface area contributed by atoms with Gasteiger partial charge in [-0.1, -0.05) is 12.5 Å². The average molecular weight is 310 g/mol. The van der Waals surface area contributed by atoms with Crippen LogP contribution in [0, 0.1) is 5.92 Å². The molecule has 2 N–H and O–H groups in total. The summed E-state index contributed by atoms with van der Waals surface area (Å²) >= 11 is 3.62. The molecule has 98 valence electrons. The lowest BCUT2D eigenvalue weighted by molar-refractivity contribution is 0.180. The van der Waals surface area contributed by atoms with Gasteiger partial charge in [-0.05, 0) is 65.2 Å². The molecule has 1 aromatic carbocycles. The van der Waals surface area contributed by atoms with E-state index in [4.69, 9.17) is 10.5 Å². The molecular weight excluding hydrogens is 290 g/mol. The number of rotatable bonds is 5. The summed E-state index contributed by atoms with van der Waals surface area (Å²) in [5, 5.41) is 0. The summed E-state index contributed by atoms with van der Waals surface area (Å²) in [4.78, 5) is 0. The Morgan fingerprint density at radius 2 is 2.11 bits per heavy atom. The second-order valence-corrected chi connectivity index (χ2v) is 6.59. The molecule has 0 saturated heterocycles. The van der Waals surface area contributed by atoms with Crippen LogP contribution in [0.5, 0.6) is 5.75 Å². The molecule has 3 heteroatoms. The maximum absolute atomic E-state index is 5.88. The summed E-state index contributed by atoms with van der Waals surface area (Å²) in [7, 11) is 0. The Balaban J connectivity index is 1.68. The summed E-state index contributed by atoms with van der Waals surface area (Å²) in [6.07, 6.45) is 6.46. The molecule has 0 unspecified atom stereocenters. The molecule has 2 nitrogen and oxygen atoms in total. The minimum Gasteiger partial charge on any atom is -0.492 e. The molecule has 2 saturated carbocycles. The van der Waals surface area contributed by atoms with Gasteiger partial charge in [-0.3, -0.25) is 0 Å². The first-order valence-corrected chi connectivity index (χ1v) is 7.66. The van der Waals surface area contributed by atoms with Gasteiger partial charge < -0.3 is 10.5 Å². The van der Waals surface area contributed by atoms with Crippen molar-refractivity contribution in [2.45, 2.75) is 37.5 Å². The predicted molar refractivity (Wildman–Crippen MR) is 76.9 cm³/mol. The van der Waals surface area contributed by atoms with Crippen LogP contribution in [0.25, 0.3) is 0 Å². The molecule has 2 aliphatic rings. The van der Waals surface area contributed by atoms with Crippen molar-refractivity contribution >= 4 is 15.9 Å². The van der Waals surface area contributed by atoms with Crippen molar-refractivity contribution in [3.63, 3.8) is 0 Å². The molecule has 0 bridgehead atoms. The highest BCUT2D eigenvalue weighted by Gasteiger charge is 2.42. The fourth-order valence-corrected chi connectivity index (χ4v) is 3.07. The average Bonchev–Trinajstić information content (AvgIpc) is 3.10. The van der Waals surface area contributed by atoms with Gasteiger partial charge >= 0.3 is 0 Å². The van der Waals surface area contributed by atoms with E-state index in [1.54, 1.807) is 0 Å². The molecule has 0 spiro atoms. The molecule has 0 radical (unpaired) electrons. The van der Waals surface area contributed by atoms with Gasteiger partial charge in [0.05, 0.1) is 11.1 Å². The third-order valence-electron chi connectivity index (χ3n) is 4.49. The summed E-state index contributed by atoms with van der Waals surface area (Å²) in [6, 6.07) is 6.46. The SMILES string of the molecule is NCC1(c2ccc(OCC3CCC3)c(Br)c2)CC1. The molecule has 0 aromatic heterocycles. The van der Waals surface area contributed by atoms with Crippen LogP contribution in [0.2, 0.25) is 0 Å². The van der Waals surface area contributed by atoms with Crippen LogP contribution < -0.4 is 10.5 Å². The zero-order valence-electron chi connectivity index (χ0n) is 10.6. The number of nitrogens with two attached hydrogens (primary N) is 1. The molecule has 0 heterocycles. The number of benzene rings is 1. The van der Waals surface area contributed by atoms with E-state index >= 15 is 0 Å². The number of hydrogen-bond donors (Lipinski definition) is 1. The predicted octanol–water partition coefficient (Wildman–Crippen LogP) is 3.62. The number of halogens is 1. The minimum absolute atomic E-state index is 0.259. The topological polar surface area (TPSA) is 35.2 Å². The van der Waals surface area contributed by atoms with E-state index in [2.05, 4.69) is 34.1 Å². The van der Waals surface area contributed by atoms with E-state index in [-0.39, 0.29) is 5.41 Å². The van der Waals surface area contributed by atoms with Gasteiger partial charge in [0.15, 0.2) is 0 Å². The fourth-order valence-electron chi connectivity index (χ4n) is 2.58. The normalized spacial score (nSPS) is 21.4. The Kier molecular flexibility index (Phi) is 3.37. The molecule has 0 aliphatic heterocycles. The summed E-state index contributed by atoms with van der Waals surface area (Å²) in [5.74, 6) is 1.74. The highest BCUT2D eigenvalue weighted by atomic mass is 79.9. The molecule has 1 aromatic rings. The van der Waals surface area contributed by atoms with Crippen molar-refractivity contribution in [1.82, 2.24) is 0 Å². The van der Waals surface area contributed by atoms with Crippen LogP contribution >= 0.6 is 15.9 Å². The molecule has 18 heavy (non-hydrogen) atoms. The zero-order chi connectivity index (χ0) is 12.6. The van der Waals surface area contributed by atoms with Gasteiger partial charge in [-0.2, -0.15) is 0 Å². The van der Waals surface area contributed by atoms with Crippen molar-refractivity contribution in [2.24, 2.45) is 11.7 Å². The summed E-state index contributed by atoms with van der Waals surface area (Å²) in [6.45, 7) is 1.61. The smallest absolute Gasteiger partial charge is 0.133 e. The fraction of sp³-hybridized carbons (Fsp3) is 0.600. The van der Waals surface area contributed by atoms with Crippen molar-refractivity contribution in [2.75, 3.05) is 13.2 Å². The van der Waals surface area contributed by atoms with Crippen LogP contribution in [-0.4, -0.2) is 13.2 Å². The summed E-state index contributed by atoms with van der Waals surface area (Å²) < 4.78 is 6.95. The highest BCUT2D eigenvalue weighted by Crippen LogP contribution is 2.48. The summed E-state index contributed by atoms with van der Waals surface area (Å²) in [5.41, 5.74) is 7.48. The van der Waals surface area contributed by atoms with Crippen LogP contribution in [0.4, 0.5) is 0 Å². The minimum atomic E-state index is 0.259. The lowest BCUT2D eigenvalue weighted by atomic mass is 9.86. The largest absolute Gasteiger partial charge is 0.492 e. The maximum atomic E-state index is 5.88. The quantitative estimate of drug-likeness (QED) is 0.901. The molecule has 2 fully saturated rings. The zero-order valence-corrected chi connectivity index (χ0v) is 12.2. The van der Waals surface area contributed by atoms with Gasteiger partial charge in [0.2, 0.25) is 0 Å². The van der Waals surface area contributed by atoms with E-state index < -0.39 is 0 Å². The Labute approximate surface area is 117 Å². The third-order valence-corrected chi connectivity index (χ3v) is 5.11. The van der Waals surface area contributed by atoms with Crippen molar-refractivity contribution in [3.8, 4) is 5.75 Å². The van der Waals surface area contributed by atoms with Gasteiger partial charge in [-0.15, -0.1) is 0 Å². The van der Waals surface area contributed by atoms with E-state index in [1.165, 1.54) is 37.7 Å². The Morgan fingerprint density at radius 3 is 2.61 bits per heavy atom. The van der Waals surface area contributed by atoms with Crippen molar-refractivity contribution in [1.29, 1.82) is 0 Å². The molecule has 0 amide bonds. The second-order valence-electron chi connectivity index (χ2n) is 5.74. The highest BCUT2D eigenvalue weighted by molar-refractivity contribution is 9.10. The van der Waals surface area contributed by atoms with Crippen LogP contribution in [0.15, 0.2) is 22.7 Å². The first kappa shape index (κ1) is 12.5. The van der Waals surface area contributed by atoms with Crippen LogP contribution in [0.3, 0.4) is 0 Å². The second kappa shape index (κ2) is 4.86. The first-order valence-electron chi connectivity index (χ1n) is 6.86. The van der Waals surface area contributed by atoms with Crippen molar-refractivity contribution < 1.29 is 4.74 Å². The number of ether oxygens (including phenoxy) is 1. The van der Waals surface area contributed by atoms with Gasteiger partial charge in [0.25, 0.3) is 0 Å². The Morgan fingerprint density at radius 1 is 1.33 bits per heavy atom. The first-order chi connectivity index (χ1) is 8.73. The Hall–Kier alpha value is -0.540. The monoisotopic (exact) mass is 309 g/mol. The van der Waals surface area contributed by atoms with Crippen LogP contribution in [-0.2, 0) is 5.41 Å². The van der Waals surface area contributed by atoms with Gasteiger partial charge in [0.1, 0.15) is 5.75 Å². The lowest BCUT2D eigenvalue weighted by Gasteiger charge is -2.25. The van der Waals surface area contributed by atoms with Crippen LogP contribution in [0.1, 0.15) is 37.7 Å². The lowest BCUT2D eigenvalue weighted by Crippen LogP contribution is -2.20. The molecule has 3 rings (SSSR count). The van der Waals surface area contributed by atoms with Crippen molar-refractivity contribution in [3.05, 3.63) is 28.2 Å². The molecule has 2 aliphatic carbocycles. The van der Waals surface area contributed by atoms with E-state index in [1.807, 2.05) is 0 Å². The van der Waals surface area contributed by atoms with Gasteiger partial charge in [-0.25, -0.2) is 0 Å². The number of hydrogen-bond acceptors (Lipinski definition) is 2. The van der Waals surface area contributed by atoms with E-state index in [9.17, 15) is 0 Å². The molecule has 0 atom stereocenters. The third kappa shape index (κ3) is 2.30. The Bertz CT molecular complexity index is 438. The standard InChI is InChI=1S/C15H20BrNO/c16-13-8-12(15(10-17)6-7-15)4-5-14(13)18-9-11-2-1-3-11/h4-5,8,11H,1-3,6-7,9-10,17H2. The maximum Gasteiger partial charge on any atom is 0.133 e.